The van der Waals surface area contributed by atoms with Gasteiger partial charge in [-0.3, -0.25) is 4.98 Å². The third-order valence-corrected chi connectivity index (χ3v) is 8.18. The summed E-state index contributed by atoms with van der Waals surface area (Å²) >= 11 is 9.29. The lowest BCUT2D eigenvalue weighted by Gasteiger charge is -2.34. The highest BCUT2D eigenvalue weighted by Gasteiger charge is 2.47. The second-order valence-electron chi connectivity index (χ2n) is 8.87. The molecule has 0 radical (unpaired) electrons. The van der Waals surface area contributed by atoms with E-state index in [1.807, 2.05) is 30.3 Å². The van der Waals surface area contributed by atoms with Crippen LogP contribution in [0.15, 0.2) is 109 Å². The van der Waals surface area contributed by atoms with E-state index in [0.29, 0.717) is 5.46 Å². The van der Waals surface area contributed by atoms with E-state index >= 15 is 0 Å². The first-order valence-corrected chi connectivity index (χ1v) is 13.0. The number of nitrogens with zero attached hydrogens (tertiary/aromatic N) is 1. The fraction of sp³-hybridized carbons (Fsp3) is 0.0333. The van der Waals surface area contributed by atoms with E-state index in [0.717, 1.165) is 42.1 Å². The summed E-state index contributed by atoms with van der Waals surface area (Å²) < 4.78 is 1.16. The maximum Gasteiger partial charge on any atom is 0.490 e. The number of hydrogen-bond acceptors (Lipinski definition) is 3. The van der Waals surface area contributed by atoms with E-state index in [2.05, 4.69) is 94.3 Å². The van der Waals surface area contributed by atoms with Gasteiger partial charge in [-0.1, -0.05) is 90.5 Å². The predicted octanol–water partition coefficient (Wildman–Crippen LogP) is 6.05. The summed E-state index contributed by atoms with van der Waals surface area (Å²) in [5, 5.41) is 19.7. The molecule has 1 aliphatic rings. The molecule has 1 unspecified atom stereocenters. The van der Waals surface area contributed by atoms with Crippen LogP contribution >= 0.6 is 34.2 Å². The van der Waals surface area contributed by atoms with Crippen molar-refractivity contribution in [3.8, 4) is 22.4 Å². The summed E-state index contributed by atoms with van der Waals surface area (Å²) in [5.41, 5.74) is 8.40. The second-order valence-corrected chi connectivity index (χ2v) is 10.4. The highest BCUT2D eigenvalue weighted by Crippen LogP contribution is 2.58. The molecular formula is C30H20BClINO2. The summed E-state index contributed by atoms with van der Waals surface area (Å²) in [6, 6.07) is 35.2. The van der Waals surface area contributed by atoms with Crippen molar-refractivity contribution in [2.75, 3.05) is 0 Å². The molecule has 6 heteroatoms. The molecule has 6 rings (SSSR count). The molecule has 3 nitrogen and oxygen atoms in total. The molecular weight excluding hydrogens is 580 g/mol. The summed E-state index contributed by atoms with van der Waals surface area (Å²) in [5.74, 6) is 0. The summed E-state index contributed by atoms with van der Waals surface area (Å²) in [4.78, 5) is 4.51. The number of rotatable bonds is 4. The third kappa shape index (κ3) is 3.53. The zero-order valence-electron chi connectivity index (χ0n) is 19.1. The van der Waals surface area contributed by atoms with Crippen molar-refractivity contribution in [1.82, 2.24) is 4.98 Å². The zero-order chi connectivity index (χ0) is 24.9. The van der Waals surface area contributed by atoms with Gasteiger partial charge in [0.1, 0.15) is 0 Å². The molecule has 1 heterocycles. The Morgan fingerprint density at radius 2 is 1.42 bits per heavy atom. The average molecular weight is 600 g/mol. The van der Waals surface area contributed by atoms with Crippen LogP contribution in [0.5, 0.6) is 0 Å². The number of hydrogen-bond donors (Lipinski definition) is 2. The fourth-order valence-electron chi connectivity index (χ4n) is 5.44. The van der Waals surface area contributed by atoms with Crippen LogP contribution in [0, 0.1) is 3.57 Å². The molecule has 0 aliphatic heterocycles. The molecule has 1 atom stereocenters. The van der Waals surface area contributed by atoms with E-state index < -0.39 is 12.5 Å². The minimum atomic E-state index is -1.54. The molecule has 0 amide bonds. The van der Waals surface area contributed by atoms with Crippen molar-refractivity contribution in [1.29, 1.82) is 0 Å². The van der Waals surface area contributed by atoms with Crippen LogP contribution < -0.4 is 5.46 Å². The van der Waals surface area contributed by atoms with E-state index in [-0.39, 0.29) is 0 Å². The van der Waals surface area contributed by atoms with Crippen molar-refractivity contribution in [2.24, 2.45) is 0 Å². The smallest absolute Gasteiger partial charge is 0.423 e. The SMILES string of the molecule is OB(O)c1ccc(-c2cccc(C3(c4ccccc4)c4cccc(Cl)c4-c4c(I)cccc43)c2)nc1. The van der Waals surface area contributed by atoms with E-state index in [4.69, 9.17) is 11.6 Å². The van der Waals surface area contributed by atoms with Gasteiger partial charge in [0.2, 0.25) is 0 Å². The van der Waals surface area contributed by atoms with Gasteiger partial charge >= 0.3 is 7.12 Å². The van der Waals surface area contributed by atoms with Crippen molar-refractivity contribution in [3.05, 3.63) is 140 Å². The molecule has 2 N–H and O–H groups in total. The normalized spacial score (nSPS) is 15.9. The highest BCUT2D eigenvalue weighted by atomic mass is 127. The molecule has 1 aromatic heterocycles. The van der Waals surface area contributed by atoms with Gasteiger partial charge in [-0.2, -0.15) is 0 Å². The number of pyridine rings is 1. The zero-order valence-corrected chi connectivity index (χ0v) is 22.0. The molecule has 1 aliphatic carbocycles. The Balaban J connectivity index is 1.67. The lowest BCUT2D eigenvalue weighted by molar-refractivity contribution is 0.425. The highest BCUT2D eigenvalue weighted by molar-refractivity contribution is 14.1. The molecule has 4 aromatic carbocycles. The van der Waals surface area contributed by atoms with Crippen LogP contribution in [-0.2, 0) is 5.41 Å². The minimum absolute atomic E-state index is 0.360. The average Bonchev–Trinajstić information content (AvgIpc) is 3.23. The monoisotopic (exact) mass is 599 g/mol. The van der Waals surface area contributed by atoms with Crippen LogP contribution in [0.2, 0.25) is 5.02 Å². The van der Waals surface area contributed by atoms with Gasteiger partial charge in [0.15, 0.2) is 0 Å². The second kappa shape index (κ2) is 9.16. The molecule has 0 saturated heterocycles. The van der Waals surface area contributed by atoms with Gasteiger partial charge in [-0.15, -0.1) is 0 Å². The van der Waals surface area contributed by atoms with Gasteiger partial charge in [0.05, 0.1) is 11.1 Å². The Labute approximate surface area is 228 Å². The number of aromatic nitrogens is 1. The summed E-state index contributed by atoms with van der Waals surface area (Å²) in [6.07, 6.45) is 1.50. The van der Waals surface area contributed by atoms with E-state index in [1.165, 1.54) is 17.3 Å². The van der Waals surface area contributed by atoms with Gasteiger partial charge in [-0.25, -0.2) is 0 Å². The van der Waals surface area contributed by atoms with Crippen molar-refractivity contribution in [2.45, 2.75) is 5.41 Å². The van der Waals surface area contributed by atoms with E-state index in [9.17, 15) is 10.0 Å². The van der Waals surface area contributed by atoms with Crippen molar-refractivity contribution < 1.29 is 10.0 Å². The minimum Gasteiger partial charge on any atom is -0.423 e. The van der Waals surface area contributed by atoms with Gasteiger partial charge in [0, 0.05) is 36.9 Å². The standard InChI is InChI=1S/C30H20BClINO2/c32-25-13-5-11-23-28(25)29-24(12-6-14-26(29)33)30(23,20-8-2-1-3-9-20)21-10-4-7-19(17-21)27-16-15-22(18-34-27)31(35)36/h1-18,35-36H. The molecule has 174 valence electrons. The lowest BCUT2D eigenvalue weighted by atomic mass is 9.67. The Morgan fingerprint density at radius 3 is 2.14 bits per heavy atom. The lowest BCUT2D eigenvalue weighted by Crippen LogP contribution is -2.30. The first kappa shape index (κ1) is 23.4. The predicted molar refractivity (Wildman–Crippen MR) is 155 cm³/mol. The van der Waals surface area contributed by atoms with Crippen LogP contribution in [-0.4, -0.2) is 22.2 Å². The van der Waals surface area contributed by atoms with Crippen LogP contribution in [0.3, 0.4) is 0 Å². The molecule has 0 saturated carbocycles. The Hall–Kier alpha value is -2.97. The molecule has 0 spiro atoms. The number of fused-ring (bicyclic) bond motifs is 3. The molecule has 36 heavy (non-hydrogen) atoms. The molecule has 5 aromatic rings. The van der Waals surface area contributed by atoms with E-state index in [1.54, 1.807) is 6.07 Å². The Morgan fingerprint density at radius 1 is 0.722 bits per heavy atom. The quantitative estimate of drug-likeness (QED) is 0.192. The van der Waals surface area contributed by atoms with Crippen molar-refractivity contribution >= 4 is 46.8 Å². The first-order chi connectivity index (χ1) is 17.5. The number of halogens is 2. The first-order valence-electron chi connectivity index (χ1n) is 11.6. The largest absolute Gasteiger partial charge is 0.490 e. The fourth-order valence-corrected chi connectivity index (χ4v) is 6.48. The number of benzene rings is 4. The maximum absolute atomic E-state index is 9.47. The molecule has 0 bridgehead atoms. The Kier molecular flexibility index (Phi) is 5.96. The van der Waals surface area contributed by atoms with Gasteiger partial charge in [-0.05, 0) is 69.1 Å². The van der Waals surface area contributed by atoms with Gasteiger partial charge < -0.3 is 10.0 Å². The van der Waals surface area contributed by atoms with Crippen LogP contribution in [0.1, 0.15) is 22.3 Å². The summed E-state index contributed by atoms with van der Waals surface area (Å²) in [6.45, 7) is 0. The summed E-state index contributed by atoms with van der Waals surface area (Å²) in [7, 11) is -1.54. The third-order valence-electron chi connectivity index (χ3n) is 6.97. The topological polar surface area (TPSA) is 53.4 Å². The maximum atomic E-state index is 9.47. The Bertz CT molecular complexity index is 1540. The van der Waals surface area contributed by atoms with Crippen molar-refractivity contribution in [3.63, 3.8) is 0 Å². The van der Waals surface area contributed by atoms with Gasteiger partial charge in [0.25, 0.3) is 0 Å². The van der Waals surface area contributed by atoms with Crippen LogP contribution in [0.25, 0.3) is 22.4 Å². The van der Waals surface area contributed by atoms with Crippen LogP contribution in [0.4, 0.5) is 0 Å². The molecule has 0 fully saturated rings.